The molecule has 0 fully saturated rings. The predicted octanol–water partition coefficient (Wildman–Crippen LogP) is 4.92. The quantitative estimate of drug-likeness (QED) is 0.738. The summed E-state index contributed by atoms with van der Waals surface area (Å²) in [7, 11) is 0. The summed E-state index contributed by atoms with van der Waals surface area (Å²) in [5.74, 6) is -0.133. The van der Waals surface area contributed by atoms with Crippen molar-refractivity contribution in [2.45, 2.75) is 45.6 Å². The summed E-state index contributed by atoms with van der Waals surface area (Å²) in [4.78, 5) is 28.4. The van der Waals surface area contributed by atoms with E-state index in [1.165, 1.54) is 16.7 Å². The lowest BCUT2D eigenvalue weighted by molar-refractivity contribution is -0.141. The van der Waals surface area contributed by atoms with Crippen molar-refractivity contribution in [2.24, 2.45) is 11.8 Å². The predicted molar refractivity (Wildman–Crippen MR) is 120 cm³/mol. The maximum Gasteiger partial charge on any atom is 0.228 e. The molecular formula is C26H30N2O2. The van der Waals surface area contributed by atoms with Crippen molar-refractivity contribution in [3.63, 3.8) is 0 Å². The van der Waals surface area contributed by atoms with E-state index in [2.05, 4.69) is 49.5 Å². The highest BCUT2D eigenvalue weighted by molar-refractivity contribution is 5.96. The van der Waals surface area contributed by atoms with Gasteiger partial charge < -0.3 is 10.2 Å². The van der Waals surface area contributed by atoms with Crippen LogP contribution in [-0.2, 0) is 22.6 Å². The van der Waals surface area contributed by atoms with Gasteiger partial charge in [-0.3, -0.25) is 9.59 Å². The molecule has 2 unspecified atom stereocenters. The van der Waals surface area contributed by atoms with Gasteiger partial charge in [0, 0.05) is 18.8 Å². The minimum atomic E-state index is -0.329. The van der Waals surface area contributed by atoms with Crippen LogP contribution in [0.3, 0.4) is 0 Å². The van der Waals surface area contributed by atoms with Crippen molar-refractivity contribution >= 4 is 17.5 Å². The molecule has 1 heterocycles. The molecule has 0 radical (unpaired) electrons. The molecular weight excluding hydrogens is 372 g/mol. The van der Waals surface area contributed by atoms with Crippen LogP contribution in [0.4, 0.5) is 5.69 Å². The van der Waals surface area contributed by atoms with Crippen LogP contribution in [0.25, 0.3) is 0 Å². The van der Waals surface area contributed by atoms with Crippen molar-refractivity contribution in [1.29, 1.82) is 0 Å². The highest BCUT2D eigenvalue weighted by atomic mass is 16.2. The Balaban J connectivity index is 1.45. The number of fused-ring (bicyclic) bond motifs is 1. The molecule has 30 heavy (non-hydrogen) atoms. The number of amides is 2. The van der Waals surface area contributed by atoms with Crippen molar-refractivity contribution in [3.05, 3.63) is 77.4 Å². The summed E-state index contributed by atoms with van der Waals surface area (Å²) in [5, 5.41) is 3.04. The second kappa shape index (κ2) is 8.86. The van der Waals surface area contributed by atoms with Gasteiger partial charge in [-0.15, -0.1) is 0 Å². The minimum Gasteiger partial charge on any atom is -0.338 e. The van der Waals surface area contributed by atoms with E-state index in [0.717, 1.165) is 18.7 Å². The zero-order valence-electron chi connectivity index (χ0n) is 17.8. The summed E-state index contributed by atoms with van der Waals surface area (Å²) in [5.41, 5.74) is 4.57. The Kier molecular flexibility index (Phi) is 6.03. The summed E-state index contributed by atoms with van der Waals surface area (Å²) >= 11 is 0. The summed E-state index contributed by atoms with van der Waals surface area (Å²) in [6.07, 6.45) is 6.19. The third-order valence-corrected chi connectivity index (χ3v) is 6.37. The first-order chi connectivity index (χ1) is 14.5. The van der Waals surface area contributed by atoms with Gasteiger partial charge in [-0.05, 0) is 54.0 Å². The number of rotatable bonds is 4. The SMILES string of the molecule is CC(C)c1ccc(NC(=O)C2CC=CCC2C(=O)N2CCc3ccccc3C2)cc1. The lowest BCUT2D eigenvalue weighted by Gasteiger charge is -2.35. The van der Waals surface area contributed by atoms with Crippen LogP contribution in [0.2, 0.25) is 0 Å². The molecule has 2 aromatic rings. The van der Waals surface area contributed by atoms with E-state index in [1.54, 1.807) is 0 Å². The lowest BCUT2D eigenvalue weighted by Crippen LogP contribution is -2.44. The molecule has 0 saturated heterocycles. The fraction of sp³-hybridized carbons (Fsp3) is 0.385. The second-order valence-electron chi connectivity index (χ2n) is 8.70. The lowest BCUT2D eigenvalue weighted by atomic mass is 9.81. The highest BCUT2D eigenvalue weighted by Crippen LogP contribution is 2.31. The van der Waals surface area contributed by atoms with E-state index in [9.17, 15) is 9.59 Å². The molecule has 0 bridgehead atoms. The molecule has 4 nitrogen and oxygen atoms in total. The van der Waals surface area contributed by atoms with Crippen LogP contribution < -0.4 is 5.32 Å². The normalized spacial score (nSPS) is 20.7. The number of hydrogen-bond donors (Lipinski definition) is 1. The third-order valence-electron chi connectivity index (χ3n) is 6.37. The van der Waals surface area contributed by atoms with Crippen molar-refractivity contribution < 1.29 is 9.59 Å². The van der Waals surface area contributed by atoms with Gasteiger partial charge in [-0.1, -0.05) is 62.4 Å². The van der Waals surface area contributed by atoms with Gasteiger partial charge in [-0.2, -0.15) is 0 Å². The maximum atomic E-state index is 13.4. The number of carbonyl (C=O) groups excluding carboxylic acids is 2. The van der Waals surface area contributed by atoms with Crippen LogP contribution in [0.1, 0.15) is 49.3 Å². The van der Waals surface area contributed by atoms with Crippen molar-refractivity contribution in [1.82, 2.24) is 4.90 Å². The topological polar surface area (TPSA) is 49.4 Å². The molecule has 2 aliphatic rings. The number of anilines is 1. The third kappa shape index (κ3) is 4.33. The largest absolute Gasteiger partial charge is 0.338 e. The Bertz CT molecular complexity index is 946. The fourth-order valence-electron chi connectivity index (χ4n) is 4.48. The smallest absolute Gasteiger partial charge is 0.228 e. The molecule has 0 spiro atoms. The van der Waals surface area contributed by atoms with Gasteiger partial charge in [0.15, 0.2) is 0 Å². The van der Waals surface area contributed by atoms with Gasteiger partial charge in [0.1, 0.15) is 0 Å². The molecule has 2 atom stereocenters. The average molecular weight is 403 g/mol. The number of nitrogens with one attached hydrogen (secondary N) is 1. The van der Waals surface area contributed by atoms with Gasteiger partial charge >= 0.3 is 0 Å². The first kappa shape index (κ1) is 20.4. The first-order valence-corrected chi connectivity index (χ1v) is 10.9. The number of allylic oxidation sites excluding steroid dienone is 2. The fourth-order valence-corrected chi connectivity index (χ4v) is 4.48. The first-order valence-electron chi connectivity index (χ1n) is 10.9. The number of carbonyl (C=O) groups is 2. The Morgan fingerprint density at radius 1 is 0.933 bits per heavy atom. The Hall–Kier alpha value is -2.88. The molecule has 4 heteroatoms. The molecule has 0 aromatic heterocycles. The van der Waals surface area contributed by atoms with Crippen LogP contribution in [-0.4, -0.2) is 23.3 Å². The van der Waals surface area contributed by atoms with E-state index in [1.807, 2.05) is 35.3 Å². The number of nitrogens with zero attached hydrogens (tertiary/aromatic N) is 1. The highest BCUT2D eigenvalue weighted by Gasteiger charge is 2.37. The van der Waals surface area contributed by atoms with E-state index in [-0.39, 0.29) is 23.7 Å². The summed E-state index contributed by atoms with van der Waals surface area (Å²) in [6.45, 7) is 5.66. The van der Waals surface area contributed by atoms with Crippen LogP contribution in [0, 0.1) is 11.8 Å². The number of benzene rings is 2. The summed E-state index contributed by atoms with van der Waals surface area (Å²) in [6, 6.07) is 16.3. The molecule has 4 rings (SSSR count). The maximum absolute atomic E-state index is 13.4. The van der Waals surface area contributed by atoms with Gasteiger partial charge in [0.05, 0.1) is 11.8 Å². The Labute approximate surface area is 179 Å². The van der Waals surface area contributed by atoms with E-state index in [4.69, 9.17) is 0 Å². The van der Waals surface area contributed by atoms with Gasteiger partial charge in [0.2, 0.25) is 11.8 Å². The zero-order valence-corrected chi connectivity index (χ0v) is 17.8. The van der Waals surface area contributed by atoms with Gasteiger partial charge in [-0.25, -0.2) is 0 Å². The average Bonchev–Trinajstić information content (AvgIpc) is 2.78. The Morgan fingerprint density at radius 3 is 2.30 bits per heavy atom. The zero-order chi connectivity index (χ0) is 21.1. The van der Waals surface area contributed by atoms with Crippen LogP contribution >= 0.6 is 0 Å². The summed E-state index contributed by atoms with van der Waals surface area (Å²) < 4.78 is 0. The van der Waals surface area contributed by atoms with Crippen molar-refractivity contribution in [2.75, 3.05) is 11.9 Å². The molecule has 1 N–H and O–H groups in total. The van der Waals surface area contributed by atoms with Crippen molar-refractivity contribution in [3.8, 4) is 0 Å². The van der Waals surface area contributed by atoms with E-state index < -0.39 is 0 Å². The van der Waals surface area contributed by atoms with Crippen LogP contribution in [0.5, 0.6) is 0 Å². The molecule has 156 valence electrons. The number of hydrogen-bond acceptors (Lipinski definition) is 2. The molecule has 2 aromatic carbocycles. The second-order valence-corrected chi connectivity index (χ2v) is 8.70. The standard InChI is InChI=1S/C26H30N2O2/c1-18(2)19-11-13-22(14-12-19)27-25(29)23-9-5-6-10-24(23)26(30)28-16-15-20-7-3-4-8-21(20)17-28/h3-8,11-14,18,23-24H,9-10,15-17H2,1-2H3,(H,27,29). The molecule has 1 aliphatic heterocycles. The molecule has 1 aliphatic carbocycles. The van der Waals surface area contributed by atoms with Gasteiger partial charge in [0.25, 0.3) is 0 Å². The van der Waals surface area contributed by atoms with Crippen LogP contribution in [0.15, 0.2) is 60.7 Å². The molecule has 2 amide bonds. The Morgan fingerprint density at radius 2 is 1.60 bits per heavy atom. The van der Waals surface area contributed by atoms with E-state index >= 15 is 0 Å². The molecule has 0 saturated carbocycles. The monoisotopic (exact) mass is 402 g/mol. The minimum absolute atomic E-state index is 0.0626. The van der Waals surface area contributed by atoms with E-state index in [0.29, 0.717) is 25.3 Å².